The number of fused-ring (bicyclic) bond motifs is 1. The van der Waals surface area contributed by atoms with E-state index < -0.39 is 0 Å². The monoisotopic (exact) mass is 351 g/mol. The summed E-state index contributed by atoms with van der Waals surface area (Å²) in [6, 6.07) is 6.00. The van der Waals surface area contributed by atoms with Gasteiger partial charge in [0.25, 0.3) is 0 Å². The van der Waals surface area contributed by atoms with E-state index in [4.69, 9.17) is 14.3 Å². The summed E-state index contributed by atoms with van der Waals surface area (Å²) >= 11 is 0. The van der Waals surface area contributed by atoms with Crippen LogP contribution in [0.15, 0.2) is 22.6 Å². The number of benzene rings is 1. The minimum absolute atomic E-state index is 0.658. The van der Waals surface area contributed by atoms with Gasteiger partial charge in [0.05, 0.1) is 12.8 Å². The SMILES string of the molecule is COc1ccc(C)c(-c2c(C)oc3c(-n4nc(C)nc4C)c(C)nn23)c1. The lowest BCUT2D eigenvalue weighted by Gasteiger charge is -2.07. The smallest absolute Gasteiger partial charge is 0.249 e. The Hall–Kier alpha value is -3.09. The summed E-state index contributed by atoms with van der Waals surface area (Å²) in [7, 11) is 1.66. The van der Waals surface area contributed by atoms with Gasteiger partial charge in [-0.05, 0) is 52.3 Å². The maximum absolute atomic E-state index is 6.12. The molecule has 7 nitrogen and oxygen atoms in total. The Morgan fingerprint density at radius 3 is 2.46 bits per heavy atom. The zero-order chi connectivity index (χ0) is 18.6. The fourth-order valence-corrected chi connectivity index (χ4v) is 3.35. The lowest BCUT2D eigenvalue weighted by Crippen LogP contribution is -2.00. The molecule has 0 bridgehead atoms. The molecule has 0 aliphatic carbocycles. The van der Waals surface area contributed by atoms with Crippen LogP contribution in [0.1, 0.15) is 28.7 Å². The van der Waals surface area contributed by atoms with Crippen molar-refractivity contribution in [1.82, 2.24) is 24.4 Å². The van der Waals surface area contributed by atoms with Crippen molar-refractivity contribution in [2.45, 2.75) is 34.6 Å². The van der Waals surface area contributed by atoms with Crippen LogP contribution in [-0.4, -0.2) is 31.5 Å². The topological polar surface area (TPSA) is 70.4 Å². The van der Waals surface area contributed by atoms with Gasteiger partial charge in [0, 0.05) is 5.56 Å². The normalized spacial score (nSPS) is 11.5. The number of aromatic nitrogens is 5. The summed E-state index contributed by atoms with van der Waals surface area (Å²) in [5.41, 5.74) is 5.38. The van der Waals surface area contributed by atoms with Crippen LogP contribution in [0.2, 0.25) is 0 Å². The highest BCUT2D eigenvalue weighted by Crippen LogP contribution is 2.34. The summed E-state index contributed by atoms with van der Waals surface area (Å²) in [5.74, 6) is 3.10. The van der Waals surface area contributed by atoms with Gasteiger partial charge in [0.15, 0.2) is 5.69 Å². The molecule has 3 heterocycles. The van der Waals surface area contributed by atoms with E-state index in [1.165, 1.54) is 0 Å². The Balaban J connectivity index is 2.01. The average Bonchev–Trinajstić information content (AvgIpc) is 3.18. The molecule has 0 amide bonds. The molecule has 0 atom stereocenters. The molecule has 0 N–H and O–H groups in total. The van der Waals surface area contributed by atoms with Gasteiger partial charge in [-0.25, -0.2) is 9.67 Å². The van der Waals surface area contributed by atoms with Crippen molar-refractivity contribution in [3.05, 3.63) is 46.9 Å². The van der Waals surface area contributed by atoms with Gasteiger partial charge in [0.1, 0.15) is 28.9 Å². The van der Waals surface area contributed by atoms with E-state index in [0.29, 0.717) is 11.5 Å². The van der Waals surface area contributed by atoms with Crippen molar-refractivity contribution in [3.8, 4) is 22.7 Å². The van der Waals surface area contributed by atoms with E-state index in [1.807, 2.05) is 50.4 Å². The van der Waals surface area contributed by atoms with Gasteiger partial charge < -0.3 is 9.15 Å². The highest BCUT2D eigenvalue weighted by molar-refractivity contribution is 5.73. The third-order valence-electron chi connectivity index (χ3n) is 4.57. The number of rotatable bonds is 3. The van der Waals surface area contributed by atoms with Crippen molar-refractivity contribution in [2.24, 2.45) is 0 Å². The van der Waals surface area contributed by atoms with Crippen molar-refractivity contribution in [3.63, 3.8) is 0 Å². The number of oxazole rings is 1. The fraction of sp³-hybridized carbons (Fsp3) is 0.316. The summed E-state index contributed by atoms with van der Waals surface area (Å²) < 4.78 is 15.2. The molecule has 26 heavy (non-hydrogen) atoms. The van der Waals surface area contributed by atoms with Gasteiger partial charge in [0.2, 0.25) is 5.71 Å². The molecule has 0 fully saturated rings. The molecular weight excluding hydrogens is 330 g/mol. The molecule has 1 aromatic carbocycles. The number of nitrogens with zero attached hydrogens (tertiary/aromatic N) is 5. The zero-order valence-electron chi connectivity index (χ0n) is 15.8. The molecule has 0 aliphatic rings. The van der Waals surface area contributed by atoms with Gasteiger partial charge >= 0.3 is 0 Å². The molecule has 4 rings (SSSR count). The van der Waals surface area contributed by atoms with E-state index in [2.05, 4.69) is 17.0 Å². The maximum atomic E-state index is 6.12. The molecular formula is C19H21N5O2. The van der Waals surface area contributed by atoms with Crippen molar-refractivity contribution in [2.75, 3.05) is 7.11 Å². The predicted molar refractivity (Wildman–Crippen MR) is 98.0 cm³/mol. The van der Waals surface area contributed by atoms with E-state index >= 15 is 0 Å². The van der Waals surface area contributed by atoms with Crippen LogP contribution in [0.5, 0.6) is 5.75 Å². The molecule has 0 unspecified atom stereocenters. The first-order chi connectivity index (χ1) is 12.4. The first kappa shape index (κ1) is 16.4. The van der Waals surface area contributed by atoms with Gasteiger partial charge in [-0.1, -0.05) is 6.07 Å². The molecule has 0 radical (unpaired) electrons. The maximum Gasteiger partial charge on any atom is 0.249 e. The largest absolute Gasteiger partial charge is 0.497 e. The highest BCUT2D eigenvalue weighted by Gasteiger charge is 2.24. The second kappa shape index (κ2) is 5.72. The Morgan fingerprint density at radius 1 is 1.04 bits per heavy atom. The van der Waals surface area contributed by atoms with Gasteiger partial charge in [-0.3, -0.25) is 0 Å². The molecule has 0 spiro atoms. The Kier molecular flexibility index (Phi) is 3.61. The zero-order valence-corrected chi connectivity index (χ0v) is 15.8. The Labute approximate surface area is 151 Å². The molecule has 4 aromatic rings. The van der Waals surface area contributed by atoms with Gasteiger partial charge in [-0.15, -0.1) is 0 Å². The van der Waals surface area contributed by atoms with E-state index in [-0.39, 0.29) is 0 Å². The van der Waals surface area contributed by atoms with Crippen LogP contribution in [0, 0.1) is 34.6 Å². The van der Waals surface area contributed by atoms with Gasteiger partial charge in [-0.2, -0.15) is 14.7 Å². The van der Waals surface area contributed by atoms with Crippen molar-refractivity contribution < 1.29 is 9.15 Å². The van der Waals surface area contributed by atoms with Crippen LogP contribution in [0.25, 0.3) is 22.7 Å². The van der Waals surface area contributed by atoms with Crippen LogP contribution in [-0.2, 0) is 0 Å². The summed E-state index contributed by atoms with van der Waals surface area (Å²) in [5, 5.41) is 9.22. The van der Waals surface area contributed by atoms with Crippen LogP contribution < -0.4 is 4.74 Å². The van der Waals surface area contributed by atoms with Crippen molar-refractivity contribution >= 4 is 5.71 Å². The molecule has 0 aliphatic heterocycles. The minimum Gasteiger partial charge on any atom is -0.497 e. The molecule has 3 aromatic heterocycles. The minimum atomic E-state index is 0.658. The molecule has 0 saturated heterocycles. The number of methoxy groups -OCH3 is 1. The van der Waals surface area contributed by atoms with Crippen LogP contribution >= 0.6 is 0 Å². The molecule has 0 saturated carbocycles. The van der Waals surface area contributed by atoms with E-state index in [0.717, 1.165) is 45.5 Å². The van der Waals surface area contributed by atoms with Crippen LogP contribution in [0.4, 0.5) is 0 Å². The third kappa shape index (κ3) is 2.31. The number of hydrogen-bond acceptors (Lipinski definition) is 5. The second-order valence-corrected chi connectivity index (χ2v) is 6.46. The van der Waals surface area contributed by atoms with E-state index in [9.17, 15) is 0 Å². The highest BCUT2D eigenvalue weighted by atomic mass is 16.5. The Morgan fingerprint density at radius 2 is 1.81 bits per heavy atom. The predicted octanol–water partition coefficient (Wildman–Crippen LogP) is 3.73. The summed E-state index contributed by atoms with van der Waals surface area (Å²) in [6.45, 7) is 9.76. The Bertz CT molecular complexity index is 1130. The fourth-order valence-electron chi connectivity index (χ4n) is 3.35. The standard InChI is InChI=1S/C19H21N5O2/c1-10-7-8-15(25-6)9-16(10)18-12(3)26-19-17(11(2)21-24(18)19)23-14(5)20-13(4)22-23/h7-9H,1-6H3. The lowest BCUT2D eigenvalue weighted by molar-refractivity contribution is 0.415. The van der Waals surface area contributed by atoms with Crippen LogP contribution in [0.3, 0.4) is 0 Å². The van der Waals surface area contributed by atoms with Crippen molar-refractivity contribution in [1.29, 1.82) is 0 Å². The number of ether oxygens (including phenoxy) is 1. The first-order valence-corrected chi connectivity index (χ1v) is 8.45. The summed E-state index contributed by atoms with van der Waals surface area (Å²) in [6.07, 6.45) is 0. The second-order valence-electron chi connectivity index (χ2n) is 6.46. The molecule has 134 valence electrons. The lowest BCUT2D eigenvalue weighted by atomic mass is 10.0. The average molecular weight is 351 g/mol. The number of hydrogen-bond donors (Lipinski definition) is 0. The quantitative estimate of drug-likeness (QED) is 0.562. The van der Waals surface area contributed by atoms with E-state index in [1.54, 1.807) is 11.8 Å². The first-order valence-electron chi connectivity index (χ1n) is 8.45. The third-order valence-corrected chi connectivity index (χ3v) is 4.57. The summed E-state index contributed by atoms with van der Waals surface area (Å²) in [4.78, 5) is 4.40. The number of aryl methyl sites for hydroxylation is 5. The molecule has 7 heteroatoms.